The third kappa shape index (κ3) is 3.46. The molecule has 1 heterocycles. The lowest BCUT2D eigenvalue weighted by atomic mass is 10.2. The van der Waals surface area contributed by atoms with E-state index in [0.717, 1.165) is 18.2 Å². The van der Waals surface area contributed by atoms with E-state index in [-0.39, 0.29) is 18.5 Å². The first-order chi connectivity index (χ1) is 9.55. The molecule has 1 unspecified atom stereocenters. The molecule has 1 aliphatic carbocycles. The van der Waals surface area contributed by atoms with Crippen LogP contribution in [-0.4, -0.2) is 28.4 Å². The van der Waals surface area contributed by atoms with Crippen LogP contribution in [0, 0.1) is 0 Å². The Morgan fingerprint density at radius 1 is 1.19 bits per heavy atom. The second-order valence-corrected chi connectivity index (χ2v) is 4.92. The van der Waals surface area contributed by atoms with E-state index in [1.165, 1.54) is 0 Å². The van der Waals surface area contributed by atoms with Crippen LogP contribution in [0.1, 0.15) is 30.3 Å². The minimum absolute atomic E-state index is 0.112. The van der Waals surface area contributed by atoms with Crippen molar-refractivity contribution in [2.45, 2.75) is 36.8 Å². The van der Waals surface area contributed by atoms with Crippen LogP contribution in [0.15, 0.2) is 18.2 Å². The Morgan fingerprint density at radius 2 is 1.81 bits per heavy atom. The number of nitrogens with zero attached hydrogens (tertiary/aromatic N) is 1. The molecule has 21 heavy (non-hydrogen) atoms. The molecule has 0 radical (unpaired) electrons. The Balaban J connectivity index is 2.03. The quantitative estimate of drug-likeness (QED) is 0.840. The maximum Gasteiger partial charge on any atom is 0.433 e. The topological polar surface area (TPSA) is 45.1 Å². The fraction of sp³-hybridized carbons (Fsp3) is 0.583. The van der Waals surface area contributed by atoms with Gasteiger partial charge in [0.05, 0.1) is 5.69 Å². The van der Waals surface area contributed by atoms with E-state index in [9.17, 15) is 31.4 Å². The molecule has 0 spiro atoms. The zero-order chi connectivity index (χ0) is 15.9. The molecule has 0 amide bonds. The van der Waals surface area contributed by atoms with Gasteiger partial charge >= 0.3 is 12.4 Å². The molecule has 1 aromatic heterocycles. The van der Waals surface area contributed by atoms with E-state index in [1.54, 1.807) is 0 Å². The lowest BCUT2D eigenvalue weighted by molar-refractivity contribution is -0.166. The molecule has 0 bridgehead atoms. The summed E-state index contributed by atoms with van der Waals surface area (Å²) in [6, 6.07) is 2.90. The molecule has 118 valence electrons. The molecule has 0 saturated heterocycles. The summed E-state index contributed by atoms with van der Waals surface area (Å²) in [5, 5.41) is 11.9. The van der Waals surface area contributed by atoms with Gasteiger partial charge in [-0.25, -0.2) is 4.98 Å². The largest absolute Gasteiger partial charge is 0.433 e. The van der Waals surface area contributed by atoms with Crippen LogP contribution < -0.4 is 5.32 Å². The number of aliphatic hydroxyl groups is 1. The van der Waals surface area contributed by atoms with Crippen molar-refractivity contribution in [2.75, 3.05) is 6.54 Å². The first-order valence-electron chi connectivity index (χ1n) is 6.09. The molecule has 9 heteroatoms. The Hall–Kier alpha value is -1.35. The van der Waals surface area contributed by atoms with Gasteiger partial charge in [0.15, 0.2) is 0 Å². The van der Waals surface area contributed by atoms with Crippen molar-refractivity contribution in [3.63, 3.8) is 0 Å². The lowest BCUT2D eigenvalue weighted by Gasteiger charge is -2.22. The Kier molecular flexibility index (Phi) is 3.92. The third-order valence-electron chi connectivity index (χ3n) is 3.33. The predicted molar refractivity (Wildman–Crippen MR) is 60.2 cm³/mol. The monoisotopic (exact) mass is 314 g/mol. The molecule has 3 nitrogen and oxygen atoms in total. The number of nitrogens with one attached hydrogen (secondary N) is 1. The van der Waals surface area contributed by atoms with Crippen LogP contribution >= 0.6 is 0 Å². The summed E-state index contributed by atoms with van der Waals surface area (Å²) in [5.41, 5.74) is -3.55. The molecular formula is C12H12F6N2O. The van der Waals surface area contributed by atoms with E-state index in [1.807, 2.05) is 0 Å². The molecule has 2 N–H and O–H groups in total. The first kappa shape index (κ1) is 16.0. The summed E-state index contributed by atoms with van der Waals surface area (Å²) < 4.78 is 75.4. The van der Waals surface area contributed by atoms with Gasteiger partial charge in [0.2, 0.25) is 0 Å². The smallest absolute Gasteiger partial charge is 0.385 e. The number of halogens is 6. The summed E-state index contributed by atoms with van der Waals surface area (Å²) >= 11 is 0. The number of rotatable bonds is 4. The van der Waals surface area contributed by atoms with Crippen LogP contribution in [0.3, 0.4) is 0 Å². The molecule has 1 saturated carbocycles. The predicted octanol–water partition coefficient (Wildman–Crippen LogP) is 2.82. The first-order valence-corrected chi connectivity index (χ1v) is 6.09. The average Bonchev–Trinajstić information content (AvgIpc) is 3.15. The zero-order valence-corrected chi connectivity index (χ0v) is 10.6. The van der Waals surface area contributed by atoms with Gasteiger partial charge in [-0.3, -0.25) is 0 Å². The Bertz CT molecular complexity index is 509. The summed E-state index contributed by atoms with van der Waals surface area (Å²) in [5.74, 6) is 0. The Morgan fingerprint density at radius 3 is 2.29 bits per heavy atom. The minimum atomic E-state index is -4.67. The summed E-state index contributed by atoms with van der Waals surface area (Å²) in [6.07, 6.45) is -10.9. The second-order valence-electron chi connectivity index (χ2n) is 4.92. The van der Waals surface area contributed by atoms with Gasteiger partial charge in [0.1, 0.15) is 17.3 Å². The maximum atomic E-state index is 12.7. The van der Waals surface area contributed by atoms with Gasteiger partial charge in [-0.05, 0) is 25.0 Å². The number of hydrogen-bond acceptors (Lipinski definition) is 3. The van der Waals surface area contributed by atoms with Gasteiger partial charge < -0.3 is 10.4 Å². The molecule has 2 rings (SSSR count). The van der Waals surface area contributed by atoms with Crippen molar-refractivity contribution in [3.8, 4) is 0 Å². The van der Waals surface area contributed by atoms with Crippen LogP contribution in [0.2, 0.25) is 0 Å². The van der Waals surface area contributed by atoms with E-state index in [4.69, 9.17) is 0 Å². The van der Waals surface area contributed by atoms with Crippen molar-refractivity contribution in [2.24, 2.45) is 0 Å². The molecule has 0 aliphatic heterocycles. The number of β-amino-alcohol motifs (C(OH)–C–C–N with tert-alkyl or cyclic N) is 1. The van der Waals surface area contributed by atoms with Crippen molar-refractivity contribution in [1.82, 2.24) is 10.3 Å². The van der Waals surface area contributed by atoms with Crippen molar-refractivity contribution in [1.29, 1.82) is 0 Å². The van der Waals surface area contributed by atoms with Crippen molar-refractivity contribution in [3.05, 3.63) is 29.6 Å². The standard InChI is InChI=1S/C12H12F6N2O/c13-11(14,15)9-3-1-2-7(20-9)8(21)6-19-10(4-5-10)12(16,17)18/h1-3,8,19,21H,4-6H2. The minimum Gasteiger partial charge on any atom is -0.385 e. The number of aliphatic hydroxyl groups excluding tert-OH is 1. The summed E-state index contributed by atoms with van der Waals surface area (Å²) in [7, 11) is 0. The second kappa shape index (κ2) is 5.13. The summed E-state index contributed by atoms with van der Waals surface area (Å²) in [4.78, 5) is 3.23. The van der Waals surface area contributed by atoms with E-state index < -0.39 is 36.2 Å². The molecule has 1 aromatic rings. The molecule has 1 fully saturated rings. The highest BCUT2D eigenvalue weighted by Crippen LogP contribution is 2.49. The lowest BCUT2D eigenvalue weighted by Crippen LogP contribution is -2.46. The SMILES string of the molecule is OC(CNC1(C(F)(F)F)CC1)c1cccc(C(F)(F)F)n1. The number of alkyl halides is 6. The van der Waals surface area contributed by atoms with Crippen LogP contribution in [0.5, 0.6) is 0 Å². The molecular weight excluding hydrogens is 302 g/mol. The fourth-order valence-corrected chi connectivity index (χ4v) is 1.88. The van der Waals surface area contributed by atoms with E-state index >= 15 is 0 Å². The van der Waals surface area contributed by atoms with Crippen LogP contribution in [-0.2, 0) is 6.18 Å². The van der Waals surface area contributed by atoms with Crippen molar-refractivity contribution < 1.29 is 31.4 Å². The molecule has 1 atom stereocenters. The highest BCUT2D eigenvalue weighted by atomic mass is 19.4. The molecule has 0 aromatic carbocycles. The third-order valence-corrected chi connectivity index (χ3v) is 3.33. The van der Waals surface area contributed by atoms with Gasteiger partial charge in [0, 0.05) is 6.54 Å². The summed E-state index contributed by atoms with van der Waals surface area (Å²) in [6.45, 7) is -0.520. The van der Waals surface area contributed by atoms with Crippen LogP contribution in [0.25, 0.3) is 0 Å². The van der Waals surface area contributed by atoms with E-state index in [2.05, 4.69) is 10.3 Å². The maximum absolute atomic E-state index is 12.7. The van der Waals surface area contributed by atoms with Crippen LogP contribution in [0.4, 0.5) is 26.3 Å². The molecule has 1 aliphatic rings. The van der Waals surface area contributed by atoms with Crippen molar-refractivity contribution >= 4 is 0 Å². The van der Waals surface area contributed by atoms with Gasteiger partial charge in [0.25, 0.3) is 0 Å². The highest BCUT2D eigenvalue weighted by molar-refractivity contribution is 5.16. The van der Waals surface area contributed by atoms with Gasteiger partial charge in [-0.2, -0.15) is 26.3 Å². The fourth-order valence-electron chi connectivity index (χ4n) is 1.88. The number of aromatic nitrogens is 1. The number of hydrogen-bond donors (Lipinski definition) is 2. The number of pyridine rings is 1. The normalized spacial score (nSPS) is 19.4. The Labute approximate surface area is 116 Å². The van der Waals surface area contributed by atoms with Gasteiger partial charge in [-0.1, -0.05) is 6.07 Å². The van der Waals surface area contributed by atoms with Gasteiger partial charge in [-0.15, -0.1) is 0 Å². The average molecular weight is 314 g/mol. The highest BCUT2D eigenvalue weighted by Gasteiger charge is 2.63. The van der Waals surface area contributed by atoms with E-state index in [0.29, 0.717) is 0 Å². The zero-order valence-electron chi connectivity index (χ0n) is 10.6.